The summed E-state index contributed by atoms with van der Waals surface area (Å²) in [7, 11) is 1.88. The predicted molar refractivity (Wildman–Crippen MR) is 87.5 cm³/mol. The second kappa shape index (κ2) is 6.06. The molecule has 0 bridgehead atoms. The maximum absolute atomic E-state index is 12.5. The molecule has 0 atom stereocenters. The molecule has 2 rings (SSSR count). The van der Waals surface area contributed by atoms with Crippen LogP contribution in [0.25, 0.3) is 0 Å². The second-order valence-electron chi connectivity index (χ2n) is 6.60. The number of nitrogens with zero attached hydrogens (tertiary/aromatic N) is 2. The fourth-order valence-corrected chi connectivity index (χ4v) is 2.87. The number of benzene rings is 1. The summed E-state index contributed by atoms with van der Waals surface area (Å²) < 4.78 is 0. The first kappa shape index (κ1) is 15.8. The van der Waals surface area contributed by atoms with E-state index in [4.69, 9.17) is 0 Å². The van der Waals surface area contributed by atoms with Gasteiger partial charge in [-0.25, -0.2) is 0 Å². The predicted octanol–water partition coefficient (Wildman–Crippen LogP) is 2.24. The van der Waals surface area contributed by atoms with Crippen LogP contribution in [0.4, 0.5) is 5.69 Å². The highest BCUT2D eigenvalue weighted by Crippen LogP contribution is 2.31. The summed E-state index contributed by atoms with van der Waals surface area (Å²) in [5, 5.41) is 3.47. The van der Waals surface area contributed by atoms with Gasteiger partial charge in [0.05, 0.1) is 0 Å². The Morgan fingerprint density at radius 2 is 1.90 bits per heavy atom. The average Bonchev–Trinajstić information content (AvgIpc) is 2.43. The Labute approximate surface area is 128 Å². The lowest BCUT2D eigenvalue weighted by Gasteiger charge is -2.46. The molecule has 0 unspecified atom stereocenters. The number of hydrogen-bond acceptors (Lipinski definition) is 3. The summed E-state index contributed by atoms with van der Waals surface area (Å²) in [5.74, 6) is 0.181. The lowest BCUT2D eigenvalue weighted by Crippen LogP contribution is -2.62. The van der Waals surface area contributed by atoms with Gasteiger partial charge in [0.15, 0.2) is 0 Å². The van der Waals surface area contributed by atoms with E-state index in [0.29, 0.717) is 6.04 Å². The van der Waals surface area contributed by atoms with E-state index in [1.54, 1.807) is 0 Å². The van der Waals surface area contributed by atoms with Crippen molar-refractivity contribution in [1.29, 1.82) is 0 Å². The van der Waals surface area contributed by atoms with Gasteiger partial charge >= 0.3 is 0 Å². The summed E-state index contributed by atoms with van der Waals surface area (Å²) in [5.41, 5.74) is 1.91. The Morgan fingerprint density at radius 1 is 1.24 bits per heavy atom. The zero-order valence-corrected chi connectivity index (χ0v) is 13.8. The molecule has 0 aromatic heterocycles. The Balaban J connectivity index is 2.31. The Morgan fingerprint density at radius 3 is 2.57 bits per heavy atom. The van der Waals surface area contributed by atoms with E-state index in [1.807, 2.05) is 31.9 Å². The summed E-state index contributed by atoms with van der Waals surface area (Å²) in [6, 6.07) is 8.82. The maximum atomic E-state index is 12.5. The molecule has 1 fully saturated rings. The number of rotatable bonds is 4. The highest BCUT2D eigenvalue weighted by Gasteiger charge is 2.41. The Hall–Kier alpha value is -1.55. The minimum absolute atomic E-state index is 0.181. The van der Waals surface area contributed by atoms with Crippen molar-refractivity contribution in [3.63, 3.8) is 0 Å². The third-order valence-electron chi connectivity index (χ3n) is 4.19. The minimum atomic E-state index is -0.499. The van der Waals surface area contributed by atoms with E-state index < -0.39 is 5.54 Å². The van der Waals surface area contributed by atoms with Gasteiger partial charge in [0.2, 0.25) is 5.91 Å². The van der Waals surface area contributed by atoms with Crippen LogP contribution in [-0.4, -0.2) is 42.5 Å². The molecule has 1 aromatic carbocycles. The van der Waals surface area contributed by atoms with Crippen LogP contribution in [0.2, 0.25) is 0 Å². The highest BCUT2D eigenvalue weighted by atomic mass is 16.2. The Kier molecular flexibility index (Phi) is 4.57. The number of carbonyl (C=O) groups excluding carboxylic acids is 1. The molecule has 4 heteroatoms. The van der Waals surface area contributed by atoms with Crippen LogP contribution in [-0.2, 0) is 11.3 Å². The van der Waals surface area contributed by atoms with Gasteiger partial charge in [-0.2, -0.15) is 0 Å². The van der Waals surface area contributed by atoms with Crippen LogP contribution >= 0.6 is 0 Å². The summed E-state index contributed by atoms with van der Waals surface area (Å²) in [6.07, 6.45) is 0. The molecule has 1 aliphatic heterocycles. The normalized spacial score (nSPS) is 18.5. The molecule has 0 radical (unpaired) electrons. The zero-order chi connectivity index (χ0) is 15.6. The number of carbonyl (C=O) groups is 1. The van der Waals surface area contributed by atoms with Crippen LogP contribution in [0.5, 0.6) is 0 Å². The van der Waals surface area contributed by atoms with Crippen molar-refractivity contribution in [2.75, 3.05) is 25.0 Å². The lowest BCUT2D eigenvalue weighted by molar-refractivity contribution is -0.136. The lowest BCUT2D eigenvalue weighted by atomic mass is 9.95. The van der Waals surface area contributed by atoms with Gasteiger partial charge in [0.25, 0.3) is 0 Å². The molecule has 1 heterocycles. The van der Waals surface area contributed by atoms with Gasteiger partial charge in [-0.1, -0.05) is 32.0 Å². The first-order valence-corrected chi connectivity index (χ1v) is 7.68. The van der Waals surface area contributed by atoms with E-state index in [0.717, 1.165) is 25.3 Å². The molecular formula is C17H27N3O. The monoisotopic (exact) mass is 289 g/mol. The molecular weight excluding hydrogens is 262 g/mol. The van der Waals surface area contributed by atoms with E-state index >= 15 is 0 Å². The van der Waals surface area contributed by atoms with Crippen molar-refractivity contribution >= 4 is 11.6 Å². The highest BCUT2D eigenvalue weighted by molar-refractivity contribution is 5.90. The fourth-order valence-electron chi connectivity index (χ4n) is 2.87. The number of likely N-dealkylation sites (N-methyl/N-ethyl adjacent to an activating group) is 1. The first-order valence-electron chi connectivity index (χ1n) is 7.68. The SMILES string of the molecule is CC(C)NCc1ccccc1N1CCN(C)C(=O)C1(C)C. The molecule has 116 valence electrons. The van der Waals surface area contributed by atoms with Gasteiger partial charge in [0.1, 0.15) is 5.54 Å². The van der Waals surface area contributed by atoms with Gasteiger partial charge in [0, 0.05) is 38.4 Å². The summed E-state index contributed by atoms with van der Waals surface area (Å²) in [4.78, 5) is 16.5. The number of piperazine rings is 1. The fraction of sp³-hybridized carbons (Fsp3) is 0.588. The van der Waals surface area contributed by atoms with Crippen molar-refractivity contribution < 1.29 is 4.79 Å². The maximum Gasteiger partial charge on any atom is 0.247 e. The molecule has 0 spiro atoms. The smallest absolute Gasteiger partial charge is 0.247 e. The van der Waals surface area contributed by atoms with Crippen LogP contribution in [0.15, 0.2) is 24.3 Å². The van der Waals surface area contributed by atoms with Crippen molar-refractivity contribution in [1.82, 2.24) is 10.2 Å². The number of amides is 1. The largest absolute Gasteiger partial charge is 0.355 e. The van der Waals surface area contributed by atoms with Crippen LogP contribution < -0.4 is 10.2 Å². The topological polar surface area (TPSA) is 35.6 Å². The molecule has 0 saturated carbocycles. The standard InChI is InChI=1S/C17H27N3O/c1-13(2)18-12-14-8-6-7-9-15(14)20-11-10-19(5)16(21)17(20,3)4/h6-9,13,18H,10-12H2,1-5H3. The number of anilines is 1. The molecule has 1 N–H and O–H groups in total. The third kappa shape index (κ3) is 3.21. The second-order valence-corrected chi connectivity index (χ2v) is 6.60. The molecule has 0 aliphatic carbocycles. The zero-order valence-electron chi connectivity index (χ0n) is 13.8. The van der Waals surface area contributed by atoms with Gasteiger partial charge < -0.3 is 15.1 Å². The molecule has 21 heavy (non-hydrogen) atoms. The minimum Gasteiger partial charge on any atom is -0.355 e. The van der Waals surface area contributed by atoms with Crippen molar-refractivity contribution in [3.8, 4) is 0 Å². The van der Waals surface area contributed by atoms with Crippen LogP contribution in [0.1, 0.15) is 33.3 Å². The van der Waals surface area contributed by atoms with Crippen LogP contribution in [0, 0.1) is 0 Å². The molecule has 4 nitrogen and oxygen atoms in total. The van der Waals surface area contributed by atoms with E-state index in [-0.39, 0.29) is 5.91 Å². The van der Waals surface area contributed by atoms with Crippen molar-refractivity contribution in [2.24, 2.45) is 0 Å². The summed E-state index contributed by atoms with van der Waals surface area (Å²) in [6.45, 7) is 10.8. The quantitative estimate of drug-likeness (QED) is 0.923. The first-order chi connectivity index (χ1) is 9.84. The number of hydrogen-bond donors (Lipinski definition) is 1. The molecule has 1 aromatic rings. The third-order valence-corrected chi connectivity index (χ3v) is 4.19. The van der Waals surface area contributed by atoms with Gasteiger partial charge in [-0.15, -0.1) is 0 Å². The number of nitrogens with one attached hydrogen (secondary N) is 1. The average molecular weight is 289 g/mol. The van der Waals surface area contributed by atoms with Crippen molar-refractivity contribution in [2.45, 2.75) is 45.8 Å². The van der Waals surface area contributed by atoms with E-state index in [9.17, 15) is 4.79 Å². The van der Waals surface area contributed by atoms with Crippen molar-refractivity contribution in [3.05, 3.63) is 29.8 Å². The van der Waals surface area contributed by atoms with Crippen LogP contribution in [0.3, 0.4) is 0 Å². The number of para-hydroxylation sites is 1. The van der Waals surface area contributed by atoms with Gasteiger partial charge in [-0.05, 0) is 25.5 Å². The van der Waals surface area contributed by atoms with Gasteiger partial charge in [-0.3, -0.25) is 4.79 Å². The van der Waals surface area contributed by atoms with E-state index in [2.05, 4.69) is 42.3 Å². The summed E-state index contributed by atoms with van der Waals surface area (Å²) >= 11 is 0. The van der Waals surface area contributed by atoms with E-state index in [1.165, 1.54) is 5.56 Å². The molecule has 1 amide bonds. The Bertz CT molecular complexity index is 511. The molecule has 1 aliphatic rings. The molecule has 1 saturated heterocycles.